The molecule has 38 heavy (non-hydrogen) atoms. The second-order valence-corrected chi connectivity index (χ2v) is 11.2. The maximum absolute atomic E-state index is 15.1. The number of carbonyl (C=O) groups excluding carboxylic acids is 1. The highest BCUT2D eigenvalue weighted by atomic mass is 32.2. The predicted octanol–water partition coefficient (Wildman–Crippen LogP) is 5.61. The number of amides is 1. The van der Waals surface area contributed by atoms with E-state index >= 15 is 4.39 Å². The zero-order chi connectivity index (χ0) is 27.7. The Bertz CT molecular complexity index is 1470. The Morgan fingerprint density at radius 3 is 2.53 bits per heavy atom. The van der Waals surface area contributed by atoms with Crippen LogP contribution in [0.3, 0.4) is 0 Å². The standard InChI is InChI=1S/C25H27F4N5O3S/c1-3-10-38(36,37)34-19-5-4-18(26)22(20(19)27)33-24(35)17-12-14(2)11-16-21(17)30-13-31-23(16)32-15-6-8-25(28,29)9-7-15/h4-5,11-13,15,34H,3,6-10H2,1-2H3,(H,33,35)(H,30,31,32). The van der Waals surface area contributed by atoms with Gasteiger partial charge in [0.2, 0.25) is 15.9 Å². The van der Waals surface area contributed by atoms with E-state index in [0.717, 1.165) is 12.1 Å². The number of hydrogen-bond donors (Lipinski definition) is 3. The highest BCUT2D eigenvalue weighted by Gasteiger charge is 2.35. The molecule has 3 N–H and O–H groups in total. The zero-order valence-electron chi connectivity index (χ0n) is 20.7. The summed E-state index contributed by atoms with van der Waals surface area (Å²) in [5.41, 5.74) is -0.519. The van der Waals surface area contributed by atoms with Crippen LogP contribution in [-0.4, -0.2) is 42.0 Å². The van der Waals surface area contributed by atoms with Crippen LogP contribution >= 0.6 is 0 Å². The summed E-state index contributed by atoms with van der Waals surface area (Å²) in [6, 6.07) is 4.74. The number of halogens is 4. The fourth-order valence-electron chi connectivity index (χ4n) is 4.39. The summed E-state index contributed by atoms with van der Waals surface area (Å²) in [6.07, 6.45) is 1.49. The van der Waals surface area contributed by atoms with Crippen molar-refractivity contribution in [3.63, 3.8) is 0 Å². The molecule has 1 saturated carbocycles. The van der Waals surface area contributed by atoms with Gasteiger partial charge < -0.3 is 10.6 Å². The normalized spacial score (nSPS) is 15.8. The molecule has 1 amide bonds. The highest BCUT2D eigenvalue weighted by molar-refractivity contribution is 7.92. The third-order valence-corrected chi connectivity index (χ3v) is 7.73. The summed E-state index contributed by atoms with van der Waals surface area (Å²) in [7, 11) is -3.87. The van der Waals surface area contributed by atoms with Gasteiger partial charge in [0.05, 0.1) is 22.5 Å². The number of hydrogen-bond acceptors (Lipinski definition) is 6. The highest BCUT2D eigenvalue weighted by Crippen LogP contribution is 2.35. The number of alkyl halides is 2. The van der Waals surface area contributed by atoms with E-state index in [0.29, 0.717) is 16.8 Å². The van der Waals surface area contributed by atoms with Gasteiger partial charge in [0.1, 0.15) is 23.6 Å². The van der Waals surface area contributed by atoms with Crippen LogP contribution in [0.25, 0.3) is 10.9 Å². The molecule has 0 bridgehead atoms. The topological polar surface area (TPSA) is 113 Å². The first kappa shape index (κ1) is 27.6. The molecule has 1 fully saturated rings. The predicted molar refractivity (Wildman–Crippen MR) is 137 cm³/mol. The Balaban J connectivity index is 1.64. The van der Waals surface area contributed by atoms with Gasteiger partial charge in [0.15, 0.2) is 5.82 Å². The number of sulfonamides is 1. The molecule has 0 saturated heterocycles. The molecule has 0 atom stereocenters. The summed E-state index contributed by atoms with van der Waals surface area (Å²) in [6.45, 7) is 3.34. The maximum Gasteiger partial charge on any atom is 0.258 e. The molecule has 3 aromatic rings. The third kappa shape index (κ3) is 6.14. The third-order valence-electron chi connectivity index (χ3n) is 6.25. The molecule has 204 valence electrons. The summed E-state index contributed by atoms with van der Waals surface area (Å²) in [4.78, 5) is 21.6. The van der Waals surface area contributed by atoms with Gasteiger partial charge in [-0.3, -0.25) is 9.52 Å². The van der Waals surface area contributed by atoms with Gasteiger partial charge in [-0.15, -0.1) is 0 Å². The Morgan fingerprint density at radius 1 is 1.13 bits per heavy atom. The van der Waals surface area contributed by atoms with Gasteiger partial charge in [-0.25, -0.2) is 35.9 Å². The molecule has 1 aliphatic rings. The van der Waals surface area contributed by atoms with Crippen LogP contribution in [0.2, 0.25) is 0 Å². The largest absolute Gasteiger partial charge is 0.367 e. The van der Waals surface area contributed by atoms with Crippen LogP contribution in [0.1, 0.15) is 54.9 Å². The van der Waals surface area contributed by atoms with Crippen LogP contribution in [0, 0.1) is 18.6 Å². The smallest absolute Gasteiger partial charge is 0.258 e. The van der Waals surface area contributed by atoms with Crippen LogP contribution < -0.4 is 15.4 Å². The second-order valence-electron chi connectivity index (χ2n) is 9.36. The zero-order valence-corrected chi connectivity index (χ0v) is 21.6. The molecule has 0 spiro atoms. The molecule has 0 radical (unpaired) electrons. The molecular weight excluding hydrogens is 526 g/mol. The Labute approximate surface area is 217 Å². The fourth-order valence-corrected chi connectivity index (χ4v) is 5.52. The van der Waals surface area contributed by atoms with E-state index in [1.54, 1.807) is 19.9 Å². The molecule has 0 aliphatic heterocycles. The number of aromatic nitrogens is 2. The van der Waals surface area contributed by atoms with Crippen molar-refractivity contribution in [2.24, 2.45) is 0 Å². The van der Waals surface area contributed by atoms with Gasteiger partial charge in [-0.1, -0.05) is 6.92 Å². The molecular formula is C25H27F4N5O3S. The van der Waals surface area contributed by atoms with Crippen LogP contribution in [0.5, 0.6) is 0 Å². The lowest BCUT2D eigenvalue weighted by Crippen LogP contribution is -2.32. The van der Waals surface area contributed by atoms with Crippen molar-refractivity contribution in [3.05, 3.63) is 53.4 Å². The monoisotopic (exact) mass is 553 g/mol. The minimum Gasteiger partial charge on any atom is -0.367 e. The first-order valence-electron chi connectivity index (χ1n) is 12.1. The number of rotatable bonds is 8. The van der Waals surface area contributed by atoms with Crippen LogP contribution in [-0.2, 0) is 10.0 Å². The van der Waals surface area contributed by atoms with Gasteiger partial charge in [0.25, 0.3) is 5.91 Å². The van der Waals surface area contributed by atoms with E-state index in [4.69, 9.17) is 0 Å². The lowest BCUT2D eigenvalue weighted by atomic mass is 9.92. The van der Waals surface area contributed by atoms with Crippen molar-refractivity contribution >= 4 is 44.0 Å². The molecule has 4 rings (SSSR count). The van der Waals surface area contributed by atoms with Gasteiger partial charge in [-0.2, -0.15) is 0 Å². The van der Waals surface area contributed by atoms with Crippen molar-refractivity contribution in [3.8, 4) is 0 Å². The van der Waals surface area contributed by atoms with Gasteiger partial charge in [0, 0.05) is 24.3 Å². The van der Waals surface area contributed by atoms with Crippen molar-refractivity contribution in [2.75, 3.05) is 21.1 Å². The Morgan fingerprint density at radius 2 is 1.84 bits per heavy atom. The van der Waals surface area contributed by atoms with Gasteiger partial charge in [-0.05, 0) is 56.0 Å². The van der Waals surface area contributed by atoms with Crippen molar-refractivity contribution in [2.45, 2.75) is 57.9 Å². The van der Waals surface area contributed by atoms with E-state index in [1.165, 1.54) is 12.4 Å². The molecule has 8 nitrogen and oxygen atoms in total. The quantitative estimate of drug-likeness (QED) is 0.313. The van der Waals surface area contributed by atoms with Gasteiger partial charge >= 0.3 is 0 Å². The fraction of sp³-hybridized carbons (Fsp3) is 0.400. The summed E-state index contributed by atoms with van der Waals surface area (Å²) >= 11 is 0. The van der Waals surface area contributed by atoms with E-state index in [2.05, 4.69) is 25.3 Å². The van der Waals surface area contributed by atoms with E-state index < -0.39 is 44.9 Å². The molecule has 2 aromatic carbocycles. The number of aryl methyl sites for hydroxylation is 1. The number of anilines is 3. The summed E-state index contributed by atoms with van der Waals surface area (Å²) < 4.78 is 82.9. The number of nitrogens with one attached hydrogen (secondary N) is 3. The molecule has 0 unspecified atom stereocenters. The van der Waals surface area contributed by atoms with Crippen LogP contribution in [0.15, 0.2) is 30.6 Å². The number of benzene rings is 2. The minimum atomic E-state index is -3.87. The summed E-state index contributed by atoms with van der Waals surface area (Å²) in [5.74, 6) is -5.86. The summed E-state index contributed by atoms with van der Waals surface area (Å²) in [5, 5.41) is 5.80. The SMILES string of the molecule is CCCS(=O)(=O)Nc1ccc(F)c(NC(=O)c2cc(C)cc3c(NC4CCC(F)(F)CC4)ncnc23)c1F. The number of carbonyl (C=O) groups is 1. The van der Waals surface area contributed by atoms with Crippen molar-refractivity contribution in [1.82, 2.24) is 9.97 Å². The van der Waals surface area contributed by atoms with Crippen molar-refractivity contribution in [1.29, 1.82) is 0 Å². The van der Waals surface area contributed by atoms with Crippen LogP contribution in [0.4, 0.5) is 34.8 Å². The molecule has 1 aromatic heterocycles. The molecule has 1 aliphatic carbocycles. The average molecular weight is 554 g/mol. The first-order chi connectivity index (χ1) is 17.9. The molecule has 13 heteroatoms. The number of fused-ring (bicyclic) bond motifs is 1. The molecule has 1 heterocycles. The number of nitrogens with zero attached hydrogens (tertiary/aromatic N) is 2. The second kappa shape index (κ2) is 10.7. The lowest BCUT2D eigenvalue weighted by molar-refractivity contribution is -0.0361. The van der Waals surface area contributed by atoms with Crippen molar-refractivity contribution < 1.29 is 30.8 Å². The minimum absolute atomic E-state index is 0.00334. The van der Waals surface area contributed by atoms with E-state index in [9.17, 15) is 26.4 Å². The van der Waals surface area contributed by atoms with E-state index in [1.807, 2.05) is 0 Å². The van der Waals surface area contributed by atoms with E-state index in [-0.39, 0.29) is 55.0 Å². The maximum atomic E-state index is 15.1. The first-order valence-corrected chi connectivity index (χ1v) is 13.7. The average Bonchev–Trinajstić information content (AvgIpc) is 2.84. The lowest BCUT2D eigenvalue weighted by Gasteiger charge is -2.29. The Hall–Kier alpha value is -3.48. The Kier molecular flexibility index (Phi) is 7.77.